The Bertz CT molecular complexity index is 1120. The van der Waals surface area contributed by atoms with Gasteiger partial charge in [0.1, 0.15) is 16.7 Å². The van der Waals surface area contributed by atoms with Gasteiger partial charge in [-0.05, 0) is 60.9 Å². The number of hydrogen-bond donors (Lipinski definition) is 3. The third-order valence-electron chi connectivity index (χ3n) is 5.34. The Kier molecular flexibility index (Phi) is 6.06. The number of benzene rings is 2. The fourth-order valence-corrected chi connectivity index (χ4v) is 4.23. The molecule has 6 nitrogen and oxygen atoms in total. The summed E-state index contributed by atoms with van der Waals surface area (Å²) < 4.78 is 5.89. The van der Waals surface area contributed by atoms with Crippen LogP contribution in [-0.4, -0.2) is 36.2 Å². The highest BCUT2D eigenvalue weighted by molar-refractivity contribution is 7.17. The van der Waals surface area contributed by atoms with Gasteiger partial charge in [-0.25, -0.2) is 4.79 Å². The summed E-state index contributed by atoms with van der Waals surface area (Å²) in [4.78, 5) is 25.3. The second-order valence-corrected chi connectivity index (χ2v) is 8.75. The zero-order valence-electron chi connectivity index (χ0n) is 17.3. The van der Waals surface area contributed by atoms with Crippen molar-refractivity contribution in [2.75, 3.05) is 13.1 Å². The number of aryl methyl sites for hydroxylation is 1. The molecule has 3 N–H and O–H groups in total. The van der Waals surface area contributed by atoms with Crippen molar-refractivity contribution >= 4 is 23.2 Å². The molecule has 1 atom stereocenters. The fourth-order valence-electron chi connectivity index (χ4n) is 3.38. The molecule has 7 heteroatoms. The Balaban J connectivity index is 1.49. The topological polar surface area (TPSA) is 87.7 Å². The highest BCUT2D eigenvalue weighted by Crippen LogP contribution is 2.30. The summed E-state index contributed by atoms with van der Waals surface area (Å²) in [6.45, 7) is 5.48. The monoisotopic (exact) mass is 436 g/mol. The molecule has 0 saturated carbocycles. The first-order chi connectivity index (χ1) is 14.9. The van der Waals surface area contributed by atoms with E-state index in [1.54, 1.807) is 12.1 Å². The molecule has 0 aliphatic carbocycles. The minimum atomic E-state index is -0.928. The molecule has 1 aromatic heterocycles. The Labute approximate surface area is 184 Å². The van der Waals surface area contributed by atoms with E-state index in [1.165, 1.54) is 11.3 Å². The minimum absolute atomic E-state index is 0.152. The van der Waals surface area contributed by atoms with E-state index in [2.05, 4.69) is 10.6 Å². The van der Waals surface area contributed by atoms with Gasteiger partial charge in [0, 0.05) is 23.5 Å². The number of rotatable bonds is 7. The number of carboxylic acids is 1. The van der Waals surface area contributed by atoms with Crippen LogP contribution in [0.3, 0.4) is 0 Å². The van der Waals surface area contributed by atoms with Gasteiger partial charge < -0.3 is 20.5 Å². The van der Waals surface area contributed by atoms with Crippen molar-refractivity contribution in [2.24, 2.45) is 0 Å². The van der Waals surface area contributed by atoms with Crippen LogP contribution in [0.25, 0.3) is 10.4 Å². The normalized spacial score (nSPS) is 14.5. The van der Waals surface area contributed by atoms with Crippen LogP contribution >= 0.6 is 11.3 Å². The molecule has 0 spiro atoms. The van der Waals surface area contributed by atoms with Gasteiger partial charge in [-0.2, -0.15) is 0 Å². The molecule has 3 aromatic rings. The number of nitrogens with one attached hydrogen (secondary N) is 2. The first-order valence-electron chi connectivity index (χ1n) is 10.1. The molecule has 4 rings (SSSR count). The van der Waals surface area contributed by atoms with Crippen molar-refractivity contribution in [1.82, 2.24) is 10.6 Å². The van der Waals surface area contributed by atoms with Crippen LogP contribution in [0, 0.1) is 6.92 Å². The molecule has 160 valence electrons. The molecule has 1 fully saturated rings. The lowest BCUT2D eigenvalue weighted by Crippen LogP contribution is -2.50. The van der Waals surface area contributed by atoms with Gasteiger partial charge in [-0.1, -0.05) is 24.3 Å². The van der Waals surface area contributed by atoms with Crippen molar-refractivity contribution in [3.05, 3.63) is 76.2 Å². The zero-order valence-corrected chi connectivity index (χ0v) is 18.2. The molecular formula is C24H24N2O4S. The van der Waals surface area contributed by atoms with Gasteiger partial charge in [0.25, 0.3) is 5.91 Å². The Morgan fingerprint density at radius 2 is 1.97 bits per heavy atom. The second kappa shape index (κ2) is 8.91. The molecule has 31 heavy (non-hydrogen) atoms. The molecule has 1 saturated heterocycles. The first kappa shape index (κ1) is 21.1. The largest absolute Gasteiger partial charge is 0.488 e. The Morgan fingerprint density at radius 1 is 1.16 bits per heavy atom. The maximum absolute atomic E-state index is 13.0. The average Bonchev–Trinajstić information content (AvgIpc) is 3.22. The van der Waals surface area contributed by atoms with Crippen LogP contribution < -0.4 is 15.4 Å². The van der Waals surface area contributed by atoms with E-state index in [1.807, 2.05) is 56.3 Å². The SMILES string of the molecule is Cc1ccc(OC2CNC2)cc1C(=O)N[C@H](C)c1cccc(-c2ccc(C(=O)O)s2)c1. The number of carboxylic acid groups (broad SMARTS) is 1. The molecule has 2 aromatic carbocycles. The number of aromatic carboxylic acids is 1. The van der Waals surface area contributed by atoms with E-state index < -0.39 is 5.97 Å². The minimum Gasteiger partial charge on any atom is -0.488 e. The molecule has 1 aliphatic rings. The lowest BCUT2D eigenvalue weighted by Gasteiger charge is -2.28. The van der Waals surface area contributed by atoms with E-state index in [9.17, 15) is 9.59 Å². The summed E-state index contributed by atoms with van der Waals surface area (Å²) in [5.74, 6) is -0.385. The van der Waals surface area contributed by atoms with Crippen LogP contribution in [0.4, 0.5) is 0 Å². The number of thiophene rings is 1. The highest BCUT2D eigenvalue weighted by atomic mass is 32.1. The maximum atomic E-state index is 13.0. The lowest BCUT2D eigenvalue weighted by atomic mass is 10.0. The molecule has 2 heterocycles. The zero-order chi connectivity index (χ0) is 22.0. The predicted octanol–water partition coefficient (Wildman–Crippen LogP) is 4.26. The van der Waals surface area contributed by atoms with Gasteiger partial charge in [-0.3, -0.25) is 4.79 Å². The molecule has 0 unspecified atom stereocenters. The van der Waals surface area contributed by atoms with Gasteiger partial charge in [0.15, 0.2) is 0 Å². The molecule has 1 aliphatic heterocycles. The van der Waals surface area contributed by atoms with Crippen LogP contribution in [0.2, 0.25) is 0 Å². The van der Waals surface area contributed by atoms with Crippen molar-refractivity contribution in [1.29, 1.82) is 0 Å². The van der Waals surface area contributed by atoms with Crippen molar-refractivity contribution in [2.45, 2.75) is 26.0 Å². The number of ether oxygens (including phenoxy) is 1. The summed E-state index contributed by atoms with van der Waals surface area (Å²) in [7, 11) is 0. The third kappa shape index (κ3) is 4.78. The second-order valence-electron chi connectivity index (χ2n) is 7.66. The molecule has 0 bridgehead atoms. The van der Waals surface area contributed by atoms with Gasteiger partial charge in [-0.15, -0.1) is 11.3 Å². The van der Waals surface area contributed by atoms with Crippen molar-refractivity contribution in [3.8, 4) is 16.2 Å². The lowest BCUT2D eigenvalue weighted by molar-refractivity contribution is 0.0702. The quantitative estimate of drug-likeness (QED) is 0.515. The van der Waals surface area contributed by atoms with E-state index in [4.69, 9.17) is 9.84 Å². The summed E-state index contributed by atoms with van der Waals surface area (Å²) in [6.07, 6.45) is 0.152. The fraction of sp³-hybridized carbons (Fsp3) is 0.250. The van der Waals surface area contributed by atoms with Crippen LogP contribution in [0.5, 0.6) is 5.75 Å². The number of amides is 1. The van der Waals surface area contributed by atoms with E-state index in [0.29, 0.717) is 16.2 Å². The van der Waals surface area contributed by atoms with Crippen LogP contribution in [-0.2, 0) is 0 Å². The van der Waals surface area contributed by atoms with Crippen molar-refractivity contribution in [3.63, 3.8) is 0 Å². The summed E-state index contributed by atoms with van der Waals surface area (Å²) >= 11 is 1.23. The highest BCUT2D eigenvalue weighted by Gasteiger charge is 2.20. The van der Waals surface area contributed by atoms with Gasteiger partial charge >= 0.3 is 5.97 Å². The average molecular weight is 437 g/mol. The summed E-state index contributed by atoms with van der Waals surface area (Å²) in [5, 5.41) is 15.4. The van der Waals surface area contributed by atoms with E-state index in [-0.39, 0.29) is 18.1 Å². The van der Waals surface area contributed by atoms with Crippen molar-refractivity contribution < 1.29 is 19.4 Å². The third-order valence-corrected chi connectivity index (χ3v) is 6.46. The summed E-state index contributed by atoms with van der Waals surface area (Å²) in [6, 6.07) is 16.6. The van der Waals surface area contributed by atoms with Crippen LogP contribution in [0.1, 0.15) is 44.1 Å². The van der Waals surface area contributed by atoms with E-state index >= 15 is 0 Å². The molecule has 0 radical (unpaired) electrons. The standard InChI is InChI=1S/C24H24N2O4S/c1-14-6-7-18(30-19-12-25-13-19)11-20(14)23(27)26-15(2)16-4-3-5-17(10-16)21-8-9-22(31-21)24(28)29/h3-11,15,19,25H,12-13H2,1-2H3,(H,26,27)(H,28,29)/t15-/m1/s1. The maximum Gasteiger partial charge on any atom is 0.345 e. The predicted molar refractivity (Wildman–Crippen MR) is 121 cm³/mol. The molecule has 1 amide bonds. The Hall–Kier alpha value is -3.16. The Morgan fingerprint density at radius 3 is 2.65 bits per heavy atom. The molecular weight excluding hydrogens is 412 g/mol. The smallest absolute Gasteiger partial charge is 0.345 e. The van der Waals surface area contributed by atoms with Gasteiger partial charge in [0.05, 0.1) is 6.04 Å². The number of hydrogen-bond acceptors (Lipinski definition) is 5. The van der Waals surface area contributed by atoms with Crippen LogP contribution in [0.15, 0.2) is 54.6 Å². The van der Waals surface area contributed by atoms with E-state index in [0.717, 1.165) is 34.7 Å². The summed E-state index contributed by atoms with van der Waals surface area (Å²) in [5.41, 5.74) is 3.35. The first-order valence-corrected chi connectivity index (χ1v) is 10.9. The number of carbonyl (C=O) groups excluding carboxylic acids is 1. The number of carbonyl (C=O) groups is 2. The van der Waals surface area contributed by atoms with Gasteiger partial charge in [0.2, 0.25) is 0 Å².